The maximum atomic E-state index is 12.0. The van der Waals surface area contributed by atoms with E-state index in [4.69, 9.17) is 5.11 Å². The molecular formula is C16H23N3O2. The van der Waals surface area contributed by atoms with Crippen molar-refractivity contribution < 1.29 is 9.90 Å². The van der Waals surface area contributed by atoms with E-state index in [0.29, 0.717) is 24.1 Å². The first-order chi connectivity index (χ1) is 10.1. The van der Waals surface area contributed by atoms with Crippen molar-refractivity contribution >= 4 is 5.91 Å². The quantitative estimate of drug-likeness (QED) is 0.578. The minimum Gasteiger partial charge on any atom is -0.395 e. The van der Waals surface area contributed by atoms with Crippen molar-refractivity contribution in [3.05, 3.63) is 29.6 Å². The van der Waals surface area contributed by atoms with Crippen LogP contribution < -0.4 is 5.32 Å². The second-order valence-electron chi connectivity index (χ2n) is 5.00. The fourth-order valence-corrected chi connectivity index (χ4v) is 1.71. The van der Waals surface area contributed by atoms with Crippen molar-refractivity contribution in [1.82, 2.24) is 15.2 Å². The molecule has 5 nitrogen and oxygen atoms in total. The van der Waals surface area contributed by atoms with Gasteiger partial charge >= 0.3 is 0 Å². The van der Waals surface area contributed by atoms with E-state index in [0.717, 1.165) is 19.4 Å². The molecule has 0 unspecified atom stereocenters. The lowest BCUT2D eigenvalue weighted by molar-refractivity contribution is 0.0952. The van der Waals surface area contributed by atoms with E-state index in [2.05, 4.69) is 27.0 Å². The molecule has 0 saturated heterocycles. The van der Waals surface area contributed by atoms with Gasteiger partial charge in [-0.25, -0.2) is 0 Å². The molecule has 0 aliphatic heterocycles. The average Bonchev–Trinajstić information content (AvgIpc) is 2.47. The number of carbonyl (C=O) groups excluding carboxylic acids is 1. The largest absolute Gasteiger partial charge is 0.395 e. The first-order valence-electron chi connectivity index (χ1n) is 7.11. The average molecular weight is 289 g/mol. The monoisotopic (exact) mass is 289 g/mol. The Morgan fingerprint density at radius 1 is 1.38 bits per heavy atom. The molecule has 0 aliphatic carbocycles. The maximum Gasteiger partial charge on any atom is 0.252 e. The van der Waals surface area contributed by atoms with Crippen LogP contribution in [-0.4, -0.2) is 54.7 Å². The van der Waals surface area contributed by atoms with Crippen LogP contribution in [0.5, 0.6) is 0 Å². The Balaban J connectivity index is 2.44. The summed E-state index contributed by atoms with van der Waals surface area (Å²) in [5.41, 5.74) is 1.20. The Kier molecular flexibility index (Phi) is 8.10. The molecule has 0 bridgehead atoms. The van der Waals surface area contributed by atoms with E-state index in [1.54, 1.807) is 12.3 Å². The molecule has 0 radical (unpaired) electrons. The number of hydrogen-bond donors (Lipinski definition) is 2. The zero-order valence-corrected chi connectivity index (χ0v) is 12.7. The van der Waals surface area contributed by atoms with Crippen molar-refractivity contribution in [1.29, 1.82) is 0 Å². The molecule has 1 amide bonds. The van der Waals surface area contributed by atoms with Crippen molar-refractivity contribution in [2.75, 3.05) is 33.8 Å². The number of aliphatic hydroxyl groups is 1. The molecule has 0 aromatic carbocycles. The number of nitrogens with zero attached hydrogens (tertiary/aromatic N) is 2. The Morgan fingerprint density at radius 2 is 2.19 bits per heavy atom. The molecular weight excluding hydrogens is 266 g/mol. The molecule has 5 heteroatoms. The Hall–Kier alpha value is -1.90. The van der Waals surface area contributed by atoms with Crippen LogP contribution in [0, 0.1) is 11.8 Å². The van der Waals surface area contributed by atoms with Gasteiger partial charge in [0.2, 0.25) is 0 Å². The van der Waals surface area contributed by atoms with Crippen LogP contribution in [0.3, 0.4) is 0 Å². The first-order valence-corrected chi connectivity index (χ1v) is 7.11. The molecule has 0 spiro atoms. The highest BCUT2D eigenvalue weighted by Gasteiger charge is 2.05. The summed E-state index contributed by atoms with van der Waals surface area (Å²) in [6, 6.07) is 1.71. The molecule has 2 N–H and O–H groups in total. The smallest absolute Gasteiger partial charge is 0.252 e. The Labute approximate surface area is 126 Å². The SMILES string of the molecule is CN(C)CCCCNC(=O)c1cncc(C#CCCO)c1. The summed E-state index contributed by atoms with van der Waals surface area (Å²) < 4.78 is 0. The third-order valence-corrected chi connectivity index (χ3v) is 2.79. The van der Waals surface area contributed by atoms with Crippen molar-refractivity contribution in [2.45, 2.75) is 19.3 Å². The van der Waals surface area contributed by atoms with Crippen molar-refractivity contribution in [3.63, 3.8) is 0 Å². The Bertz CT molecular complexity index is 504. The lowest BCUT2D eigenvalue weighted by Crippen LogP contribution is -2.25. The molecule has 0 atom stereocenters. The number of amides is 1. The third-order valence-electron chi connectivity index (χ3n) is 2.79. The zero-order chi connectivity index (χ0) is 15.5. The van der Waals surface area contributed by atoms with Gasteiger partial charge in [-0.3, -0.25) is 9.78 Å². The second-order valence-corrected chi connectivity index (χ2v) is 5.00. The topological polar surface area (TPSA) is 65.5 Å². The fraction of sp³-hybridized carbons (Fsp3) is 0.500. The van der Waals surface area contributed by atoms with E-state index in [9.17, 15) is 4.79 Å². The molecule has 1 aromatic heterocycles. The Morgan fingerprint density at radius 3 is 2.90 bits per heavy atom. The molecule has 1 aromatic rings. The lowest BCUT2D eigenvalue weighted by Gasteiger charge is -2.09. The lowest BCUT2D eigenvalue weighted by atomic mass is 10.2. The van der Waals surface area contributed by atoms with E-state index in [1.807, 2.05) is 14.1 Å². The molecule has 114 valence electrons. The molecule has 0 fully saturated rings. The zero-order valence-electron chi connectivity index (χ0n) is 12.7. The minimum atomic E-state index is -0.127. The molecule has 1 rings (SSSR count). The summed E-state index contributed by atoms with van der Waals surface area (Å²) in [5, 5.41) is 11.6. The summed E-state index contributed by atoms with van der Waals surface area (Å²) in [6.07, 6.45) is 5.57. The van der Waals surface area contributed by atoms with Gasteiger partial charge in [-0.2, -0.15) is 0 Å². The van der Waals surface area contributed by atoms with Gasteiger partial charge in [-0.15, -0.1) is 0 Å². The van der Waals surface area contributed by atoms with Gasteiger partial charge in [0.05, 0.1) is 12.2 Å². The van der Waals surface area contributed by atoms with E-state index < -0.39 is 0 Å². The van der Waals surface area contributed by atoms with Crippen LogP contribution in [0.15, 0.2) is 18.5 Å². The number of nitrogens with one attached hydrogen (secondary N) is 1. The van der Waals surface area contributed by atoms with Crippen LogP contribution in [0.2, 0.25) is 0 Å². The van der Waals surface area contributed by atoms with Gasteiger partial charge in [0.25, 0.3) is 5.91 Å². The number of rotatable bonds is 7. The number of aromatic nitrogens is 1. The number of unbranched alkanes of at least 4 members (excludes halogenated alkanes) is 1. The van der Waals surface area contributed by atoms with Crippen LogP contribution in [0.25, 0.3) is 0 Å². The normalized spacial score (nSPS) is 10.1. The van der Waals surface area contributed by atoms with Crippen molar-refractivity contribution in [2.24, 2.45) is 0 Å². The first kappa shape index (κ1) is 17.2. The van der Waals surface area contributed by atoms with E-state index >= 15 is 0 Å². The van der Waals surface area contributed by atoms with Gasteiger partial charge in [-0.05, 0) is 39.5 Å². The standard InChI is InChI=1S/C16H23N3O2/c1-19(2)9-5-4-8-18-16(21)15-11-14(12-17-13-15)7-3-6-10-20/h11-13,20H,4-6,8-10H2,1-2H3,(H,18,21). The van der Waals surface area contributed by atoms with Crippen LogP contribution in [-0.2, 0) is 0 Å². The highest BCUT2D eigenvalue weighted by Crippen LogP contribution is 2.02. The molecule has 21 heavy (non-hydrogen) atoms. The number of aliphatic hydroxyl groups excluding tert-OH is 1. The number of pyridine rings is 1. The summed E-state index contributed by atoms with van der Waals surface area (Å²) in [5.74, 6) is 5.56. The van der Waals surface area contributed by atoms with E-state index in [-0.39, 0.29) is 12.5 Å². The summed E-state index contributed by atoms with van der Waals surface area (Å²) in [4.78, 5) is 18.1. The highest BCUT2D eigenvalue weighted by atomic mass is 16.2. The van der Waals surface area contributed by atoms with E-state index in [1.165, 1.54) is 6.20 Å². The fourth-order valence-electron chi connectivity index (χ4n) is 1.71. The molecule has 0 saturated carbocycles. The van der Waals surface area contributed by atoms with Gasteiger partial charge < -0.3 is 15.3 Å². The number of hydrogen-bond acceptors (Lipinski definition) is 4. The summed E-state index contributed by atoms with van der Waals surface area (Å²) >= 11 is 0. The van der Waals surface area contributed by atoms with Gasteiger partial charge in [0, 0.05) is 30.9 Å². The predicted octanol–water partition coefficient (Wildman–Crippen LogP) is 0.887. The predicted molar refractivity (Wildman–Crippen MR) is 82.9 cm³/mol. The van der Waals surface area contributed by atoms with Crippen LogP contribution >= 0.6 is 0 Å². The van der Waals surface area contributed by atoms with Crippen molar-refractivity contribution in [3.8, 4) is 11.8 Å². The number of carbonyl (C=O) groups is 1. The third kappa shape index (κ3) is 7.45. The van der Waals surface area contributed by atoms with Gasteiger partial charge in [0.15, 0.2) is 0 Å². The second kappa shape index (κ2) is 9.92. The summed E-state index contributed by atoms with van der Waals surface area (Å²) in [7, 11) is 4.07. The molecule has 1 heterocycles. The minimum absolute atomic E-state index is 0.0353. The highest BCUT2D eigenvalue weighted by molar-refractivity contribution is 5.94. The van der Waals surface area contributed by atoms with Gasteiger partial charge in [0.1, 0.15) is 0 Å². The maximum absolute atomic E-state index is 12.0. The van der Waals surface area contributed by atoms with Crippen LogP contribution in [0.1, 0.15) is 35.2 Å². The summed E-state index contributed by atoms with van der Waals surface area (Å²) in [6.45, 7) is 1.72. The van der Waals surface area contributed by atoms with Crippen LogP contribution in [0.4, 0.5) is 0 Å². The van der Waals surface area contributed by atoms with Gasteiger partial charge in [-0.1, -0.05) is 11.8 Å². The molecule has 0 aliphatic rings.